The van der Waals surface area contributed by atoms with Gasteiger partial charge in [-0.25, -0.2) is 4.79 Å². The number of ether oxygens (including phenoxy) is 1. The molecule has 0 aliphatic heterocycles. The average Bonchev–Trinajstić information content (AvgIpc) is 2.62. The molecule has 1 aliphatic carbocycles. The number of rotatable bonds is 4. The van der Waals surface area contributed by atoms with E-state index in [0.29, 0.717) is 5.56 Å². The topological polar surface area (TPSA) is 55.4 Å². The second-order valence-electron chi connectivity index (χ2n) is 6.57. The van der Waals surface area contributed by atoms with Crippen molar-refractivity contribution in [1.29, 1.82) is 0 Å². The van der Waals surface area contributed by atoms with E-state index in [0.717, 1.165) is 24.8 Å². The zero-order valence-corrected chi connectivity index (χ0v) is 14.6. The summed E-state index contributed by atoms with van der Waals surface area (Å²) in [6, 6.07) is 15.3. The second-order valence-corrected chi connectivity index (χ2v) is 6.57. The SMILES string of the molecule is Cc1cccc(C(=O)O[C@@H](C)C(=O)N[C@@H]2CCCc3ccccc32)c1. The fourth-order valence-corrected chi connectivity index (χ4v) is 3.25. The lowest BCUT2D eigenvalue weighted by atomic mass is 9.87. The maximum atomic E-state index is 12.5. The van der Waals surface area contributed by atoms with E-state index < -0.39 is 12.1 Å². The van der Waals surface area contributed by atoms with E-state index in [9.17, 15) is 9.59 Å². The summed E-state index contributed by atoms with van der Waals surface area (Å²) in [6.45, 7) is 3.52. The van der Waals surface area contributed by atoms with E-state index in [1.54, 1.807) is 25.1 Å². The summed E-state index contributed by atoms with van der Waals surface area (Å²) >= 11 is 0. The highest BCUT2D eigenvalue weighted by Gasteiger charge is 2.25. The summed E-state index contributed by atoms with van der Waals surface area (Å²) in [6.07, 6.45) is 2.16. The maximum Gasteiger partial charge on any atom is 0.338 e. The molecule has 1 aliphatic rings. The quantitative estimate of drug-likeness (QED) is 0.865. The van der Waals surface area contributed by atoms with E-state index in [-0.39, 0.29) is 11.9 Å². The van der Waals surface area contributed by atoms with Crippen LogP contribution < -0.4 is 5.32 Å². The summed E-state index contributed by atoms with van der Waals surface area (Å²) in [5, 5.41) is 3.03. The smallest absolute Gasteiger partial charge is 0.338 e. The van der Waals surface area contributed by atoms with E-state index >= 15 is 0 Å². The molecule has 0 fully saturated rings. The van der Waals surface area contributed by atoms with Gasteiger partial charge in [0.1, 0.15) is 0 Å². The van der Waals surface area contributed by atoms with Gasteiger partial charge in [-0.15, -0.1) is 0 Å². The third-order valence-electron chi connectivity index (χ3n) is 4.59. The summed E-state index contributed by atoms with van der Waals surface area (Å²) in [5.41, 5.74) is 3.88. The van der Waals surface area contributed by atoms with Crippen molar-refractivity contribution in [2.24, 2.45) is 0 Å². The standard InChI is InChI=1S/C21H23NO3/c1-14-7-5-10-17(13-14)21(24)25-15(2)20(23)22-19-12-6-9-16-8-3-4-11-18(16)19/h3-5,7-8,10-11,13,15,19H,6,9,12H2,1-2H3,(H,22,23)/t15-,19+/m0/s1. The largest absolute Gasteiger partial charge is 0.449 e. The first-order valence-corrected chi connectivity index (χ1v) is 8.70. The van der Waals surface area contributed by atoms with Gasteiger partial charge < -0.3 is 10.1 Å². The molecular weight excluding hydrogens is 314 g/mol. The first-order chi connectivity index (χ1) is 12.0. The van der Waals surface area contributed by atoms with Crippen molar-refractivity contribution < 1.29 is 14.3 Å². The summed E-state index contributed by atoms with van der Waals surface area (Å²) in [7, 11) is 0. The molecule has 0 bridgehead atoms. The molecule has 0 saturated heterocycles. The molecule has 3 rings (SSSR count). The Kier molecular flexibility index (Phi) is 5.17. The maximum absolute atomic E-state index is 12.5. The van der Waals surface area contributed by atoms with Crippen molar-refractivity contribution in [3.05, 3.63) is 70.8 Å². The van der Waals surface area contributed by atoms with Gasteiger partial charge in [0.05, 0.1) is 11.6 Å². The van der Waals surface area contributed by atoms with Crippen molar-refractivity contribution in [3.63, 3.8) is 0 Å². The van der Waals surface area contributed by atoms with Crippen LogP contribution in [0.5, 0.6) is 0 Å². The third kappa shape index (κ3) is 4.08. The molecule has 2 aromatic carbocycles. The zero-order chi connectivity index (χ0) is 17.8. The van der Waals surface area contributed by atoms with Crippen LogP contribution in [0.4, 0.5) is 0 Å². The number of fused-ring (bicyclic) bond motifs is 1. The molecule has 2 atom stereocenters. The fraction of sp³-hybridized carbons (Fsp3) is 0.333. The van der Waals surface area contributed by atoms with Gasteiger partial charge in [0.25, 0.3) is 5.91 Å². The van der Waals surface area contributed by atoms with E-state index in [4.69, 9.17) is 4.74 Å². The molecule has 25 heavy (non-hydrogen) atoms. The van der Waals surface area contributed by atoms with Crippen LogP contribution in [0.25, 0.3) is 0 Å². The Labute approximate surface area is 148 Å². The van der Waals surface area contributed by atoms with E-state index in [1.807, 2.05) is 25.1 Å². The molecule has 0 unspecified atom stereocenters. The number of carbonyl (C=O) groups is 2. The van der Waals surface area contributed by atoms with Crippen LogP contribution in [-0.4, -0.2) is 18.0 Å². The third-order valence-corrected chi connectivity index (χ3v) is 4.59. The molecule has 0 heterocycles. The van der Waals surface area contributed by atoms with E-state index in [2.05, 4.69) is 17.4 Å². The second kappa shape index (κ2) is 7.51. The van der Waals surface area contributed by atoms with Crippen molar-refractivity contribution in [3.8, 4) is 0 Å². The van der Waals surface area contributed by atoms with Crippen molar-refractivity contribution >= 4 is 11.9 Å². The number of hydrogen-bond acceptors (Lipinski definition) is 3. The molecule has 0 radical (unpaired) electrons. The minimum absolute atomic E-state index is 0.0161. The fourth-order valence-electron chi connectivity index (χ4n) is 3.25. The molecular formula is C21H23NO3. The van der Waals surface area contributed by atoms with Gasteiger partial charge in [-0.3, -0.25) is 4.79 Å². The van der Waals surface area contributed by atoms with Gasteiger partial charge in [0.2, 0.25) is 0 Å². The van der Waals surface area contributed by atoms with Crippen LogP contribution in [0.1, 0.15) is 52.9 Å². The molecule has 4 heteroatoms. The van der Waals surface area contributed by atoms with Crippen LogP contribution in [0.2, 0.25) is 0 Å². The van der Waals surface area contributed by atoms with Crippen molar-refractivity contribution in [1.82, 2.24) is 5.32 Å². The normalized spacial score (nSPS) is 17.3. The predicted molar refractivity (Wildman–Crippen MR) is 96.3 cm³/mol. The molecule has 0 aromatic heterocycles. The summed E-state index contributed by atoms with van der Waals surface area (Å²) in [5.74, 6) is -0.738. The molecule has 2 aromatic rings. The highest BCUT2D eigenvalue weighted by atomic mass is 16.5. The Bertz CT molecular complexity index is 784. The molecule has 130 valence electrons. The Morgan fingerprint density at radius 1 is 1.16 bits per heavy atom. The highest BCUT2D eigenvalue weighted by Crippen LogP contribution is 2.29. The lowest BCUT2D eigenvalue weighted by Crippen LogP contribution is -2.39. The monoisotopic (exact) mass is 337 g/mol. The van der Waals surface area contributed by atoms with Crippen LogP contribution in [0.3, 0.4) is 0 Å². The Morgan fingerprint density at radius 3 is 2.76 bits per heavy atom. The molecule has 1 amide bonds. The highest BCUT2D eigenvalue weighted by molar-refractivity contribution is 5.92. The van der Waals surface area contributed by atoms with Gasteiger partial charge in [0, 0.05) is 0 Å². The van der Waals surface area contributed by atoms with Crippen LogP contribution in [0.15, 0.2) is 48.5 Å². The first-order valence-electron chi connectivity index (χ1n) is 8.70. The Hall–Kier alpha value is -2.62. The van der Waals surface area contributed by atoms with Gasteiger partial charge in [0.15, 0.2) is 6.10 Å². The minimum atomic E-state index is -0.831. The number of aryl methyl sites for hydroxylation is 2. The van der Waals surface area contributed by atoms with Crippen LogP contribution in [-0.2, 0) is 16.0 Å². The van der Waals surface area contributed by atoms with Gasteiger partial charge >= 0.3 is 5.97 Å². The van der Waals surface area contributed by atoms with E-state index in [1.165, 1.54) is 11.1 Å². The molecule has 1 N–H and O–H groups in total. The molecule has 0 saturated carbocycles. The first kappa shape index (κ1) is 17.2. The van der Waals surface area contributed by atoms with Gasteiger partial charge in [-0.2, -0.15) is 0 Å². The predicted octanol–water partition coefficient (Wildman–Crippen LogP) is 3.73. The number of benzene rings is 2. The van der Waals surface area contributed by atoms with Crippen molar-refractivity contribution in [2.45, 2.75) is 45.3 Å². The zero-order valence-electron chi connectivity index (χ0n) is 14.6. The lowest BCUT2D eigenvalue weighted by Gasteiger charge is -2.27. The lowest BCUT2D eigenvalue weighted by molar-refractivity contribution is -0.130. The number of nitrogens with one attached hydrogen (secondary N) is 1. The minimum Gasteiger partial charge on any atom is -0.449 e. The average molecular weight is 337 g/mol. The van der Waals surface area contributed by atoms with Gasteiger partial charge in [-0.1, -0.05) is 42.0 Å². The number of esters is 1. The Morgan fingerprint density at radius 2 is 1.96 bits per heavy atom. The number of amides is 1. The van der Waals surface area contributed by atoms with Crippen molar-refractivity contribution in [2.75, 3.05) is 0 Å². The number of hydrogen-bond donors (Lipinski definition) is 1. The van der Waals surface area contributed by atoms with Crippen LogP contribution in [0, 0.1) is 6.92 Å². The molecule has 0 spiro atoms. The van der Waals surface area contributed by atoms with Gasteiger partial charge in [-0.05, 0) is 56.4 Å². The summed E-state index contributed by atoms with van der Waals surface area (Å²) in [4.78, 5) is 24.7. The number of carbonyl (C=O) groups excluding carboxylic acids is 2. The Balaban J connectivity index is 1.63. The summed E-state index contributed by atoms with van der Waals surface area (Å²) < 4.78 is 5.33. The molecule has 4 nitrogen and oxygen atoms in total. The van der Waals surface area contributed by atoms with Crippen LogP contribution >= 0.6 is 0 Å².